The van der Waals surface area contributed by atoms with Gasteiger partial charge >= 0.3 is 0 Å². The Morgan fingerprint density at radius 1 is 1.31 bits per heavy atom. The maximum absolute atomic E-state index is 13.8. The van der Waals surface area contributed by atoms with Crippen molar-refractivity contribution in [1.29, 1.82) is 0 Å². The minimum atomic E-state index is -0.227. The van der Waals surface area contributed by atoms with Crippen LogP contribution in [-0.2, 0) is 15.9 Å². The Balaban J connectivity index is 1.77. The minimum Gasteiger partial charge on any atom is -0.379 e. The van der Waals surface area contributed by atoms with Gasteiger partial charge in [-0.1, -0.05) is 30.3 Å². The lowest BCUT2D eigenvalue weighted by molar-refractivity contribution is -0.0479. The van der Waals surface area contributed by atoms with Gasteiger partial charge in [-0.2, -0.15) is 0 Å². The first-order valence-corrected chi connectivity index (χ1v) is 8.83. The molecule has 1 N–H and O–H groups in total. The lowest BCUT2D eigenvalue weighted by Gasteiger charge is -2.31. The number of nitrogens with one attached hydrogen (secondary N) is 1. The van der Waals surface area contributed by atoms with Crippen LogP contribution in [0.2, 0.25) is 0 Å². The van der Waals surface area contributed by atoms with Gasteiger partial charge in [0.15, 0.2) is 0 Å². The number of rotatable bonds is 5. The van der Waals surface area contributed by atoms with Crippen molar-refractivity contribution in [2.24, 2.45) is 0 Å². The maximum atomic E-state index is 13.8. The van der Waals surface area contributed by atoms with Crippen LogP contribution in [0.5, 0.6) is 0 Å². The number of hydrogen-bond donors (Lipinski definition) is 1. The number of benzene rings is 2. The fourth-order valence-electron chi connectivity index (χ4n) is 3.22. The molecular formula is C21H24FNO3. The summed E-state index contributed by atoms with van der Waals surface area (Å²) in [5.41, 5.74) is 2.93. The first kappa shape index (κ1) is 18.5. The van der Waals surface area contributed by atoms with Crippen LogP contribution in [-0.4, -0.2) is 38.4 Å². The topological polar surface area (TPSA) is 47.6 Å². The fraction of sp³-hybridized carbons (Fsp3) is 0.381. The van der Waals surface area contributed by atoms with Gasteiger partial charge in [0.25, 0.3) is 5.91 Å². The molecule has 1 aliphatic rings. The molecule has 0 aromatic heterocycles. The Labute approximate surface area is 153 Å². The number of ether oxygens (including phenoxy) is 2. The van der Waals surface area contributed by atoms with E-state index in [0.717, 1.165) is 17.5 Å². The quantitative estimate of drug-likeness (QED) is 0.894. The van der Waals surface area contributed by atoms with Crippen LogP contribution in [0, 0.1) is 12.7 Å². The molecule has 26 heavy (non-hydrogen) atoms. The molecule has 5 heteroatoms. The average molecular weight is 357 g/mol. The van der Waals surface area contributed by atoms with Crippen molar-refractivity contribution in [3.63, 3.8) is 0 Å². The molecule has 1 amide bonds. The molecule has 0 bridgehead atoms. The third-order valence-corrected chi connectivity index (χ3v) is 4.82. The predicted molar refractivity (Wildman–Crippen MR) is 97.9 cm³/mol. The molecule has 1 heterocycles. The number of hydrogen-bond acceptors (Lipinski definition) is 3. The number of aryl methyl sites for hydroxylation is 1. The summed E-state index contributed by atoms with van der Waals surface area (Å²) in [6.07, 6.45) is 1.07. The van der Waals surface area contributed by atoms with Crippen molar-refractivity contribution in [2.45, 2.75) is 31.9 Å². The van der Waals surface area contributed by atoms with E-state index < -0.39 is 0 Å². The highest BCUT2D eigenvalue weighted by molar-refractivity contribution is 5.96. The highest BCUT2D eigenvalue weighted by atomic mass is 19.1. The monoisotopic (exact) mass is 357 g/mol. The van der Waals surface area contributed by atoms with Crippen molar-refractivity contribution >= 4 is 5.91 Å². The van der Waals surface area contributed by atoms with Crippen LogP contribution in [0.1, 0.15) is 33.5 Å². The summed E-state index contributed by atoms with van der Waals surface area (Å²) in [7, 11) is 1.62. The first-order chi connectivity index (χ1) is 12.6. The number of halogens is 1. The van der Waals surface area contributed by atoms with E-state index in [0.29, 0.717) is 30.8 Å². The molecule has 2 aromatic rings. The second kappa shape index (κ2) is 8.43. The molecule has 2 unspecified atom stereocenters. The molecule has 0 spiro atoms. The fourth-order valence-corrected chi connectivity index (χ4v) is 3.22. The van der Waals surface area contributed by atoms with Crippen molar-refractivity contribution in [3.8, 4) is 0 Å². The molecule has 1 aliphatic heterocycles. The number of amides is 1. The summed E-state index contributed by atoms with van der Waals surface area (Å²) in [6.45, 7) is 2.82. The summed E-state index contributed by atoms with van der Waals surface area (Å²) >= 11 is 0. The van der Waals surface area contributed by atoms with E-state index in [1.807, 2.05) is 24.3 Å². The smallest absolute Gasteiger partial charge is 0.251 e. The Morgan fingerprint density at radius 3 is 2.88 bits per heavy atom. The lowest BCUT2D eigenvalue weighted by atomic mass is 9.97. The van der Waals surface area contributed by atoms with E-state index in [1.54, 1.807) is 26.2 Å². The second-order valence-electron chi connectivity index (χ2n) is 6.64. The number of methoxy groups -OCH3 is 1. The molecule has 1 saturated heterocycles. The molecular weight excluding hydrogens is 333 g/mol. The van der Waals surface area contributed by atoms with Crippen molar-refractivity contribution < 1.29 is 18.7 Å². The van der Waals surface area contributed by atoms with Crippen molar-refractivity contribution in [2.75, 3.05) is 20.3 Å². The van der Waals surface area contributed by atoms with Gasteiger partial charge in [-0.05, 0) is 48.6 Å². The van der Waals surface area contributed by atoms with E-state index >= 15 is 0 Å². The van der Waals surface area contributed by atoms with Gasteiger partial charge in [-0.25, -0.2) is 4.39 Å². The Morgan fingerprint density at radius 2 is 2.12 bits per heavy atom. The molecule has 0 saturated carbocycles. The molecule has 3 rings (SSSR count). The van der Waals surface area contributed by atoms with Crippen LogP contribution >= 0.6 is 0 Å². The van der Waals surface area contributed by atoms with Crippen molar-refractivity contribution in [1.82, 2.24) is 5.32 Å². The molecule has 2 aromatic carbocycles. The van der Waals surface area contributed by atoms with E-state index in [9.17, 15) is 9.18 Å². The number of carbonyl (C=O) groups is 1. The van der Waals surface area contributed by atoms with E-state index in [2.05, 4.69) is 5.32 Å². The van der Waals surface area contributed by atoms with Gasteiger partial charge in [0.05, 0.1) is 12.6 Å². The summed E-state index contributed by atoms with van der Waals surface area (Å²) in [5.74, 6) is -0.364. The molecule has 138 valence electrons. The third-order valence-electron chi connectivity index (χ3n) is 4.82. The van der Waals surface area contributed by atoms with Crippen molar-refractivity contribution in [3.05, 3.63) is 70.5 Å². The highest BCUT2D eigenvalue weighted by Crippen LogP contribution is 2.18. The Bertz CT molecular complexity index is 778. The van der Waals surface area contributed by atoms with Gasteiger partial charge in [0, 0.05) is 19.3 Å². The first-order valence-electron chi connectivity index (χ1n) is 8.83. The van der Waals surface area contributed by atoms with Crippen LogP contribution in [0.25, 0.3) is 0 Å². The highest BCUT2D eigenvalue weighted by Gasteiger charge is 2.27. The third kappa shape index (κ3) is 4.29. The van der Waals surface area contributed by atoms with E-state index in [1.165, 1.54) is 6.07 Å². The van der Waals surface area contributed by atoms with Crippen LogP contribution in [0.4, 0.5) is 4.39 Å². The lowest BCUT2D eigenvalue weighted by Crippen LogP contribution is -2.49. The molecule has 1 fully saturated rings. The summed E-state index contributed by atoms with van der Waals surface area (Å²) in [4.78, 5) is 12.8. The maximum Gasteiger partial charge on any atom is 0.251 e. The van der Waals surface area contributed by atoms with Gasteiger partial charge in [0.1, 0.15) is 11.9 Å². The molecule has 0 aliphatic carbocycles. The zero-order valence-corrected chi connectivity index (χ0v) is 15.1. The van der Waals surface area contributed by atoms with E-state index in [4.69, 9.17) is 9.47 Å². The largest absolute Gasteiger partial charge is 0.379 e. The molecule has 0 radical (unpaired) electrons. The van der Waals surface area contributed by atoms with Crippen LogP contribution in [0.15, 0.2) is 42.5 Å². The van der Waals surface area contributed by atoms with Crippen LogP contribution in [0.3, 0.4) is 0 Å². The Hall–Kier alpha value is -2.24. The Kier molecular flexibility index (Phi) is 6.01. The van der Waals surface area contributed by atoms with Gasteiger partial charge in [-0.3, -0.25) is 4.79 Å². The standard InChI is InChI=1S/C21H24FNO3/c1-14-7-8-15(12-18(14)22)11-16-5-3-4-6-17(16)21(24)23-19-9-10-26-13-20(19)25-2/h3-8,12,19-20H,9-11,13H2,1-2H3,(H,23,24). The van der Waals surface area contributed by atoms with Gasteiger partial charge in [0.2, 0.25) is 0 Å². The van der Waals surface area contributed by atoms with E-state index in [-0.39, 0.29) is 23.9 Å². The van der Waals surface area contributed by atoms with Gasteiger partial charge < -0.3 is 14.8 Å². The molecule has 4 nitrogen and oxygen atoms in total. The average Bonchev–Trinajstić information content (AvgIpc) is 2.65. The number of carbonyl (C=O) groups excluding carboxylic acids is 1. The minimum absolute atomic E-state index is 0.0777. The zero-order chi connectivity index (χ0) is 18.5. The summed E-state index contributed by atoms with van der Waals surface area (Å²) < 4.78 is 24.6. The van der Waals surface area contributed by atoms with Crippen LogP contribution < -0.4 is 5.32 Å². The SMILES string of the molecule is COC1COCCC1NC(=O)c1ccccc1Cc1ccc(C)c(F)c1. The normalized spacial score (nSPS) is 20.0. The zero-order valence-electron chi connectivity index (χ0n) is 15.1. The molecule has 2 atom stereocenters. The summed E-state index contributed by atoms with van der Waals surface area (Å²) in [6, 6.07) is 12.6. The second-order valence-corrected chi connectivity index (χ2v) is 6.64. The summed E-state index contributed by atoms with van der Waals surface area (Å²) in [5, 5.41) is 3.06. The van der Waals surface area contributed by atoms with Gasteiger partial charge in [-0.15, -0.1) is 0 Å². The predicted octanol–water partition coefficient (Wildman–Crippen LogP) is 3.26.